The molecule has 0 heterocycles. The fourth-order valence-electron chi connectivity index (χ4n) is 1.65. The fourth-order valence-corrected chi connectivity index (χ4v) is 1.65. The van der Waals surface area contributed by atoms with Crippen LogP contribution in [0.1, 0.15) is 11.1 Å². The second kappa shape index (κ2) is 5.73. The van der Waals surface area contributed by atoms with Gasteiger partial charge >= 0.3 is 6.18 Å². The van der Waals surface area contributed by atoms with Gasteiger partial charge in [0.25, 0.3) is 5.69 Å². The van der Waals surface area contributed by atoms with E-state index in [0.717, 1.165) is 36.4 Å². The summed E-state index contributed by atoms with van der Waals surface area (Å²) in [6, 6.07) is 9.01. The van der Waals surface area contributed by atoms with E-state index in [2.05, 4.69) is 0 Å². The first-order valence-corrected chi connectivity index (χ1v) is 5.85. The normalized spacial score (nSPS) is 10.8. The number of alkyl halides is 3. The molecular weight excluding hydrogens is 301 g/mol. The van der Waals surface area contributed by atoms with Gasteiger partial charge in [0.05, 0.1) is 10.5 Å². The summed E-state index contributed by atoms with van der Waals surface area (Å²) in [6.07, 6.45) is -4.45. The molecule has 2 aromatic rings. The Bertz CT molecular complexity index is 749. The molecule has 0 atom stereocenters. The van der Waals surface area contributed by atoms with Gasteiger partial charge < -0.3 is 4.74 Å². The highest BCUT2D eigenvalue weighted by Crippen LogP contribution is 2.32. The first kappa shape index (κ1) is 15.3. The van der Waals surface area contributed by atoms with Gasteiger partial charge in [0, 0.05) is 12.1 Å². The highest BCUT2D eigenvalue weighted by atomic mass is 19.4. The minimum atomic E-state index is -4.45. The van der Waals surface area contributed by atoms with Gasteiger partial charge in [-0.25, -0.2) is 0 Å². The summed E-state index contributed by atoms with van der Waals surface area (Å²) in [4.78, 5) is 9.96. The maximum Gasteiger partial charge on any atom is 0.416 e. The van der Waals surface area contributed by atoms with Gasteiger partial charge in [0.15, 0.2) is 0 Å². The van der Waals surface area contributed by atoms with Crippen LogP contribution in [-0.2, 0) is 6.18 Å². The highest BCUT2D eigenvalue weighted by Gasteiger charge is 2.30. The minimum Gasteiger partial charge on any atom is -0.456 e. The quantitative estimate of drug-likeness (QED) is 0.626. The van der Waals surface area contributed by atoms with Crippen molar-refractivity contribution in [3.05, 3.63) is 63.7 Å². The van der Waals surface area contributed by atoms with Gasteiger partial charge in [-0.1, -0.05) is 0 Å². The SMILES string of the molecule is N#Cc1cc([N+](=O)[O-])ccc1Oc1ccc(C(F)(F)F)cc1. The highest BCUT2D eigenvalue weighted by molar-refractivity contribution is 5.51. The van der Waals surface area contributed by atoms with Crippen LogP contribution in [0.2, 0.25) is 0 Å². The molecular formula is C14H7F3N2O3. The van der Waals surface area contributed by atoms with Crippen molar-refractivity contribution in [1.29, 1.82) is 5.26 Å². The zero-order chi connectivity index (χ0) is 16.3. The van der Waals surface area contributed by atoms with E-state index in [4.69, 9.17) is 10.00 Å². The van der Waals surface area contributed by atoms with E-state index < -0.39 is 16.7 Å². The molecule has 0 N–H and O–H groups in total. The summed E-state index contributed by atoms with van der Waals surface area (Å²) in [5.41, 5.74) is -1.20. The Balaban J connectivity index is 2.28. The van der Waals surface area contributed by atoms with Crippen LogP contribution in [-0.4, -0.2) is 4.92 Å². The molecule has 0 aliphatic heterocycles. The molecule has 0 aliphatic carbocycles. The number of benzene rings is 2. The number of nitro groups is 1. The number of hydrogen-bond donors (Lipinski definition) is 0. The Hall–Kier alpha value is -3.08. The number of nitriles is 1. The third-order valence-corrected chi connectivity index (χ3v) is 2.70. The van der Waals surface area contributed by atoms with Crippen molar-refractivity contribution in [2.45, 2.75) is 6.18 Å². The Kier molecular flexibility index (Phi) is 3.99. The van der Waals surface area contributed by atoms with Crippen LogP contribution in [0.25, 0.3) is 0 Å². The average Bonchev–Trinajstić information content (AvgIpc) is 2.47. The summed E-state index contributed by atoms with van der Waals surface area (Å²) in [6.45, 7) is 0. The van der Waals surface area contributed by atoms with Gasteiger partial charge in [-0.2, -0.15) is 18.4 Å². The Morgan fingerprint density at radius 1 is 1.14 bits per heavy atom. The molecule has 5 nitrogen and oxygen atoms in total. The van der Waals surface area contributed by atoms with Gasteiger partial charge in [0.2, 0.25) is 0 Å². The van der Waals surface area contributed by atoms with E-state index in [0.29, 0.717) is 0 Å². The number of non-ortho nitro benzene ring substituents is 1. The van der Waals surface area contributed by atoms with Crippen molar-refractivity contribution in [2.24, 2.45) is 0 Å². The second-order valence-electron chi connectivity index (χ2n) is 4.17. The number of rotatable bonds is 3. The molecule has 0 radical (unpaired) electrons. The zero-order valence-electron chi connectivity index (χ0n) is 10.8. The molecule has 0 saturated heterocycles. The molecule has 0 bridgehead atoms. The summed E-state index contributed by atoms with van der Waals surface area (Å²) in [5, 5.41) is 19.6. The van der Waals surface area contributed by atoms with Crippen LogP contribution >= 0.6 is 0 Å². The van der Waals surface area contributed by atoms with Crippen LogP contribution in [0, 0.1) is 21.4 Å². The van der Waals surface area contributed by atoms with E-state index in [9.17, 15) is 23.3 Å². The number of halogens is 3. The third kappa shape index (κ3) is 3.32. The fraction of sp³-hybridized carbons (Fsp3) is 0.0714. The van der Waals surface area contributed by atoms with Crippen LogP contribution < -0.4 is 4.74 Å². The van der Waals surface area contributed by atoms with Gasteiger partial charge in [-0.15, -0.1) is 0 Å². The number of nitrogens with zero attached hydrogens (tertiary/aromatic N) is 2. The van der Waals surface area contributed by atoms with Crippen molar-refractivity contribution in [1.82, 2.24) is 0 Å². The standard InChI is InChI=1S/C14H7F3N2O3/c15-14(16,17)10-1-4-12(5-2-10)22-13-6-3-11(19(20)21)7-9(13)8-18/h1-7H. The lowest BCUT2D eigenvalue weighted by Crippen LogP contribution is -2.04. The lowest BCUT2D eigenvalue weighted by Gasteiger charge is -2.09. The smallest absolute Gasteiger partial charge is 0.416 e. The van der Waals surface area contributed by atoms with Crippen LogP contribution in [0.15, 0.2) is 42.5 Å². The predicted octanol–water partition coefficient (Wildman–Crippen LogP) is 4.28. The lowest BCUT2D eigenvalue weighted by molar-refractivity contribution is -0.384. The first-order chi connectivity index (χ1) is 10.3. The zero-order valence-corrected chi connectivity index (χ0v) is 10.8. The molecule has 0 fully saturated rings. The molecule has 112 valence electrons. The van der Waals surface area contributed by atoms with Crippen molar-refractivity contribution < 1.29 is 22.8 Å². The maximum atomic E-state index is 12.4. The summed E-state index contributed by atoms with van der Waals surface area (Å²) in [5.74, 6) is 0.103. The summed E-state index contributed by atoms with van der Waals surface area (Å²) in [7, 11) is 0. The lowest BCUT2D eigenvalue weighted by atomic mass is 10.2. The second-order valence-corrected chi connectivity index (χ2v) is 4.17. The molecule has 0 aromatic heterocycles. The molecule has 2 aromatic carbocycles. The minimum absolute atomic E-state index is 0.0212. The van der Waals surface area contributed by atoms with E-state index in [1.54, 1.807) is 6.07 Å². The molecule has 0 amide bonds. The van der Waals surface area contributed by atoms with Crippen LogP contribution in [0.4, 0.5) is 18.9 Å². The number of hydrogen-bond acceptors (Lipinski definition) is 4. The molecule has 2 rings (SSSR count). The molecule has 0 unspecified atom stereocenters. The van der Waals surface area contributed by atoms with Gasteiger partial charge in [0.1, 0.15) is 23.1 Å². The third-order valence-electron chi connectivity index (χ3n) is 2.70. The monoisotopic (exact) mass is 308 g/mol. The van der Waals surface area contributed by atoms with E-state index >= 15 is 0 Å². The maximum absolute atomic E-state index is 12.4. The van der Waals surface area contributed by atoms with Crippen molar-refractivity contribution in [3.63, 3.8) is 0 Å². The van der Waals surface area contributed by atoms with E-state index in [1.165, 1.54) is 6.07 Å². The van der Waals surface area contributed by atoms with Gasteiger partial charge in [-0.05, 0) is 30.3 Å². The van der Waals surface area contributed by atoms with Crippen molar-refractivity contribution in [2.75, 3.05) is 0 Å². The number of ether oxygens (including phenoxy) is 1. The van der Waals surface area contributed by atoms with Gasteiger partial charge in [-0.3, -0.25) is 10.1 Å². The van der Waals surface area contributed by atoms with Crippen molar-refractivity contribution in [3.8, 4) is 17.6 Å². The van der Waals surface area contributed by atoms with Crippen LogP contribution in [0.3, 0.4) is 0 Å². The molecule has 22 heavy (non-hydrogen) atoms. The van der Waals surface area contributed by atoms with Crippen LogP contribution in [0.5, 0.6) is 11.5 Å². The molecule has 8 heteroatoms. The summed E-state index contributed by atoms with van der Waals surface area (Å²) >= 11 is 0. The van der Waals surface area contributed by atoms with E-state index in [1.807, 2.05) is 0 Å². The first-order valence-electron chi connectivity index (χ1n) is 5.85. The number of nitro benzene ring substituents is 1. The summed E-state index contributed by atoms with van der Waals surface area (Å²) < 4.78 is 42.6. The Morgan fingerprint density at radius 3 is 2.27 bits per heavy atom. The molecule has 0 saturated carbocycles. The molecule has 0 aliphatic rings. The predicted molar refractivity (Wildman–Crippen MR) is 69.3 cm³/mol. The average molecular weight is 308 g/mol. The Labute approximate surface area is 122 Å². The largest absolute Gasteiger partial charge is 0.456 e. The Morgan fingerprint density at radius 2 is 1.77 bits per heavy atom. The van der Waals surface area contributed by atoms with E-state index in [-0.39, 0.29) is 22.7 Å². The topological polar surface area (TPSA) is 76.2 Å². The molecule has 0 spiro atoms. The van der Waals surface area contributed by atoms with Crippen molar-refractivity contribution >= 4 is 5.69 Å².